The molecule has 0 radical (unpaired) electrons. The van der Waals surface area contributed by atoms with Gasteiger partial charge < -0.3 is 4.90 Å². The Labute approximate surface area is 190 Å². The fourth-order valence-corrected chi connectivity index (χ4v) is 5.51. The number of aromatic nitrogens is 2. The molecule has 2 aromatic heterocycles. The SMILES string of the molecule is O=C(N1CCc2cc(S(=O)(=O)Nc3ccc(-c4cn5ccsc5n4)cc3)ccc21)C(F)(F)F. The first kappa shape index (κ1) is 21.5. The van der Waals surface area contributed by atoms with Crippen LogP contribution >= 0.6 is 11.3 Å². The smallest absolute Gasteiger partial charge is 0.304 e. The predicted octanol–water partition coefficient (Wildman–Crippen LogP) is 4.32. The molecule has 1 aliphatic heterocycles. The van der Waals surface area contributed by atoms with Gasteiger partial charge in [0.15, 0.2) is 4.96 Å². The van der Waals surface area contributed by atoms with E-state index >= 15 is 0 Å². The number of halogens is 3. The number of nitrogens with zero attached hydrogens (tertiary/aromatic N) is 3. The van der Waals surface area contributed by atoms with Crippen molar-refractivity contribution < 1.29 is 26.4 Å². The number of amides is 1. The summed E-state index contributed by atoms with van der Waals surface area (Å²) in [7, 11) is -3.98. The maximum Gasteiger partial charge on any atom is 0.471 e. The van der Waals surface area contributed by atoms with Gasteiger partial charge in [0.25, 0.3) is 10.0 Å². The maximum atomic E-state index is 12.8. The third kappa shape index (κ3) is 3.95. The van der Waals surface area contributed by atoms with Crippen LogP contribution in [-0.2, 0) is 21.2 Å². The summed E-state index contributed by atoms with van der Waals surface area (Å²) in [6.07, 6.45) is -1.08. The predicted molar refractivity (Wildman–Crippen MR) is 118 cm³/mol. The summed E-state index contributed by atoms with van der Waals surface area (Å²) in [4.78, 5) is 17.5. The number of nitrogens with one attached hydrogen (secondary N) is 1. The fourth-order valence-electron chi connectivity index (χ4n) is 3.70. The Balaban J connectivity index is 1.35. The van der Waals surface area contributed by atoms with Crippen molar-refractivity contribution in [2.24, 2.45) is 0 Å². The van der Waals surface area contributed by atoms with Crippen LogP contribution in [-0.4, -0.2) is 36.4 Å². The van der Waals surface area contributed by atoms with Crippen LogP contribution in [0, 0.1) is 0 Å². The number of benzene rings is 2. The van der Waals surface area contributed by atoms with E-state index in [9.17, 15) is 26.4 Å². The Morgan fingerprint density at radius 1 is 1.12 bits per heavy atom. The molecule has 3 heterocycles. The lowest BCUT2D eigenvalue weighted by Gasteiger charge is -2.19. The summed E-state index contributed by atoms with van der Waals surface area (Å²) < 4.78 is 68.4. The van der Waals surface area contributed by atoms with E-state index in [1.54, 1.807) is 24.3 Å². The molecule has 1 N–H and O–H groups in total. The number of thiazole rings is 1. The van der Waals surface area contributed by atoms with Crippen molar-refractivity contribution >= 4 is 43.6 Å². The zero-order valence-electron chi connectivity index (χ0n) is 16.7. The topological polar surface area (TPSA) is 83.8 Å². The molecule has 1 amide bonds. The van der Waals surface area contributed by atoms with E-state index in [0.717, 1.165) is 16.2 Å². The van der Waals surface area contributed by atoms with E-state index in [2.05, 4.69) is 9.71 Å². The highest BCUT2D eigenvalue weighted by Gasteiger charge is 2.44. The molecule has 33 heavy (non-hydrogen) atoms. The highest BCUT2D eigenvalue weighted by molar-refractivity contribution is 7.92. The monoisotopic (exact) mass is 492 g/mol. The van der Waals surface area contributed by atoms with Crippen LogP contribution in [0.25, 0.3) is 16.2 Å². The molecule has 5 rings (SSSR count). The number of hydrogen-bond acceptors (Lipinski definition) is 5. The summed E-state index contributed by atoms with van der Waals surface area (Å²) in [5.74, 6) is -1.97. The lowest BCUT2D eigenvalue weighted by Crippen LogP contribution is -2.40. The Kier molecular flexibility index (Phi) is 4.94. The number of hydrogen-bond donors (Lipinski definition) is 1. The van der Waals surface area contributed by atoms with Crippen molar-refractivity contribution in [2.75, 3.05) is 16.2 Å². The van der Waals surface area contributed by atoms with Crippen molar-refractivity contribution in [3.8, 4) is 11.3 Å². The van der Waals surface area contributed by atoms with Gasteiger partial charge in [-0.3, -0.25) is 13.9 Å². The van der Waals surface area contributed by atoms with Crippen molar-refractivity contribution in [3.05, 3.63) is 65.8 Å². The second-order valence-corrected chi connectivity index (χ2v) is 9.95. The van der Waals surface area contributed by atoms with Crippen LogP contribution in [0.15, 0.2) is 65.1 Å². The number of sulfonamides is 1. The number of fused-ring (bicyclic) bond motifs is 2. The van der Waals surface area contributed by atoms with Gasteiger partial charge in [-0.1, -0.05) is 12.1 Å². The molecule has 0 saturated heterocycles. The van der Waals surface area contributed by atoms with Crippen molar-refractivity contribution in [3.63, 3.8) is 0 Å². The minimum Gasteiger partial charge on any atom is -0.304 e. The maximum absolute atomic E-state index is 12.8. The fraction of sp³-hybridized carbons (Fsp3) is 0.143. The van der Waals surface area contributed by atoms with Crippen LogP contribution in [0.1, 0.15) is 5.56 Å². The molecule has 0 fully saturated rings. The van der Waals surface area contributed by atoms with E-state index < -0.39 is 22.1 Å². The van der Waals surface area contributed by atoms with Gasteiger partial charge in [-0.2, -0.15) is 13.2 Å². The van der Waals surface area contributed by atoms with Gasteiger partial charge in [0.2, 0.25) is 0 Å². The summed E-state index contributed by atoms with van der Waals surface area (Å²) in [6.45, 7) is -0.155. The normalized spacial score (nSPS) is 14.0. The minimum absolute atomic E-state index is 0.0700. The molecular weight excluding hydrogens is 477 g/mol. The number of alkyl halides is 3. The molecule has 170 valence electrons. The Morgan fingerprint density at radius 3 is 2.58 bits per heavy atom. The lowest BCUT2D eigenvalue weighted by atomic mass is 10.1. The molecule has 2 aromatic carbocycles. The van der Waals surface area contributed by atoms with Crippen molar-refractivity contribution in [2.45, 2.75) is 17.5 Å². The number of rotatable bonds is 4. The second-order valence-electron chi connectivity index (χ2n) is 7.40. The molecule has 0 atom stereocenters. The largest absolute Gasteiger partial charge is 0.471 e. The molecule has 4 aromatic rings. The summed E-state index contributed by atoms with van der Waals surface area (Å²) in [5, 5.41) is 1.93. The highest BCUT2D eigenvalue weighted by atomic mass is 32.2. The highest BCUT2D eigenvalue weighted by Crippen LogP contribution is 2.34. The molecule has 7 nitrogen and oxygen atoms in total. The molecule has 0 spiro atoms. The van der Waals surface area contributed by atoms with Crippen LogP contribution in [0.3, 0.4) is 0 Å². The molecule has 0 aliphatic carbocycles. The van der Waals surface area contributed by atoms with E-state index in [0.29, 0.717) is 16.2 Å². The molecule has 0 unspecified atom stereocenters. The first-order valence-corrected chi connectivity index (χ1v) is 12.1. The quantitative estimate of drug-likeness (QED) is 0.460. The van der Waals surface area contributed by atoms with Crippen LogP contribution in [0.5, 0.6) is 0 Å². The van der Waals surface area contributed by atoms with Crippen molar-refractivity contribution in [1.29, 1.82) is 0 Å². The van der Waals surface area contributed by atoms with Gasteiger partial charge in [-0.15, -0.1) is 11.3 Å². The Hall–Kier alpha value is -3.38. The van der Waals surface area contributed by atoms with E-state index in [-0.39, 0.29) is 23.5 Å². The van der Waals surface area contributed by atoms with E-state index in [1.807, 2.05) is 22.2 Å². The molecular formula is C21H15F3N4O3S2. The minimum atomic E-state index is -4.99. The summed E-state index contributed by atoms with van der Waals surface area (Å²) in [5.41, 5.74) is 2.34. The third-order valence-corrected chi connectivity index (χ3v) is 7.42. The average molecular weight is 493 g/mol. The average Bonchev–Trinajstić information content (AvgIpc) is 3.47. The second kappa shape index (κ2) is 7.59. The standard InChI is InChI=1S/C21H15F3N4O3S2/c22-21(23,24)19(29)28-8-7-14-11-16(5-6-18(14)28)33(30,31)26-15-3-1-13(2-4-15)17-12-27-9-10-32-20(27)25-17/h1-6,9-12,26H,7-8H2. The van der Waals surface area contributed by atoms with Gasteiger partial charge in [0, 0.05) is 41.3 Å². The Morgan fingerprint density at radius 2 is 1.88 bits per heavy atom. The summed E-state index contributed by atoms with van der Waals surface area (Å²) in [6, 6.07) is 10.4. The summed E-state index contributed by atoms with van der Waals surface area (Å²) >= 11 is 1.51. The van der Waals surface area contributed by atoms with Crippen LogP contribution < -0.4 is 9.62 Å². The van der Waals surface area contributed by atoms with Gasteiger partial charge in [0.05, 0.1) is 10.6 Å². The first-order chi connectivity index (χ1) is 15.6. The van der Waals surface area contributed by atoms with E-state index in [1.165, 1.54) is 29.5 Å². The first-order valence-electron chi connectivity index (χ1n) is 9.69. The number of anilines is 2. The Bertz CT molecular complexity index is 1450. The number of carbonyl (C=O) groups excluding carboxylic acids is 1. The van der Waals surface area contributed by atoms with Crippen molar-refractivity contribution in [1.82, 2.24) is 9.38 Å². The van der Waals surface area contributed by atoms with Crippen LogP contribution in [0.2, 0.25) is 0 Å². The molecule has 0 saturated carbocycles. The number of imidazole rings is 1. The van der Waals surface area contributed by atoms with Gasteiger partial charge in [0.1, 0.15) is 0 Å². The zero-order chi connectivity index (χ0) is 23.4. The third-order valence-electron chi connectivity index (χ3n) is 5.27. The molecule has 12 heteroatoms. The van der Waals surface area contributed by atoms with Gasteiger partial charge >= 0.3 is 12.1 Å². The van der Waals surface area contributed by atoms with Gasteiger partial charge in [-0.25, -0.2) is 13.4 Å². The van der Waals surface area contributed by atoms with Gasteiger partial charge in [-0.05, 0) is 42.3 Å². The molecule has 1 aliphatic rings. The number of carbonyl (C=O) groups is 1. The molecule has 0 bridgehead atoms. The van der Waals surface area contributed by atoms with Crippen LogP contribution in [0.4, 0.5) is 24.5 Å². The lowest BCUT2D eigenvalue weighted by molar-refractivity contribution is -0.170. The van der Waals surface area contributed by atoms with E-state index in [4.69, 9.17) is 0 Å². The zero-order valence-corrected chi connectivity index (χ0v) is 18.3.